The highest BCUT2D eigenvalue weighted by Gasteiger charge is 2.17. The van der Waals surface area contributed by atoms with Gasteiger partial charge < -0.3 is 4.74 Å². The van der Waals surface area contributed by atoms with E-state index in [1.54, 1.807) is 11.1 Å². The second-order valence-electron chi connectivity index (χ2n) is 6.73. The first kappa shape index (κ1) is 16.1. The minimum atomic E-state index is 0.813. The maximum absolute atomic E-state index is 5.75. The summed E-state index contributed by atoms with van der Waals surface area (Å²) in [6.45, 7) is 5.31. The molecule has 23 heavy (non-hydrogen) atoms. The van der Waals surface area contributed by atoms with Crippen LogP contribution in [0.2, 0.25) is 0 Å². The second kappa shape index (κ2) is 7.68. The van der Waals surface area contributed by atoms with Crippen LogP contribution in [0.3, 0.4) is 0 Å². The van der Waals surface area contributed by atoms with Gasteiger partial charge in [-0.05, 0) is 66.0 Å². The highest BCUT2D eigenvalue weighted by molar-refractivity contribution is 5.65. The first-order valence-corrected chi connectivity index (χ1v) is 9.15. The third kappa shape index (κ3) is 3.96. The minimum absolute atomic E-state index is 0.813. The predicted molar refractivity (Wildman–Crippen MR) is 98.1 cm³/mol. The van der Waals surface area contributed by atoms with Gasteiger partial charge in [0, 0.05) is 0 Å². The van der Waals surface area contributed by atoms with Crippen molar-refractivity contribution in [2.75, 3.05) is 6.61 Å². The molecule has 0 N–H and O–H groups in total. The highest BCUT2D eigenvalue weighted by Crippen LogP contribution is 2.31. The Morgan fingerprint density at radius 2 is 1.74 bits per heavy atom. The van der Waals surface area contributed by atoms with Crippen LogP contribution in [0.15, 0.2) is 42.5 Å². The number of benzene rings is 2. The number of unbranched alkanes of at least 4 members (excludes halogenated alkanes) is 1. The van der Waals surface area contributed by atoms with E-state index in [0.717, 1.165) is 24.7 Å². The van der Waals surface area contributed by atoms with Crippen molar-refractivity contribution in [3.63, 3.8) is 0 Å². The van der Waals surface area contributed by atoms with Gasteiger partial charge in [-0.1, -0.05) is 57.0 Å². The van der Waals surface area contributed by atoms with Gasteiger partial charge in [0.15, 0.2) is 0 Å². The van der Waals surface area contributed by atoms with Crippen molar-refractivity contribution in [2.45, 2.75) is 52.4 Å². The monoisotopic (exact) mass is 308 g/mol. The molecule has 1 aliphatic carbocycles. The van der Waals surface area contributed by atoms with Crippen molar-refractivity contribution in [3.8, 4) is 16.9 Å². The fourth-order valence-electron chi connectivity index (χ4n) is 3.44. The van der Waals surface area contributed by atoms with E-state index in [4.69, 9.17) is 4.74 Å². The average Bonchev–Trinajstić information content (AvgIpc) is 2.61. The van der Waals surface area contributed by atoms with Crippen molar-refractivity contribution >= 4 is 0 Å². The Morgan fingerprint density at radius 1 is 0.957 bits per heavy atom. The van der Waals surface area contributed by atoms with Crippen LogP contribution in [-0.4, -0.2) is 6.61 Å². The number of ether oxygens (including phenoxy) is 1. The number of hydrogen-bond donors (Lipinski definition) is 0. The summed E-state index contributed by atoms with van der Waals surface area (Å²) in [6.07, 6.45) is 7.44. The van der Waals surface area contributed by atoms with E-state index in [9.17, 15) is 0 Å². The largest absolute Gasteiger partial charge is 0.494 e. The van der Waals surface area contributed by atoms with Gasteiger partial charge >= 0.3 is 0 Å². The van der Waals surface area contributed by atoms with E-state index >= 15 is 0 Å². The molecule has 0 saturated carbocycles. The molecule has 3 rings (SSSR count). The standard InChI is InChI=1S/C22H28O/c1-3-5-14-23-22-12-10-18(11-13-22)20-9-8-19-15-17(4-2)6-7-21(19)16-20/h8-13,16-17H,3-7,14-15H2,1-2H3. The Morgan fingerprint density at radius 3 is 2.48 bits per heavy atom. The Labute approximate surface area is 140 Å². The number of hydrogen-bond acceptors (Lipinski definition) is 1. The maximum Gasteiger partial charge on any atom is 0.119 e. The molecular weight excluding hydrogens is 280 g/mol. The van der Waals surface area contributed by atoms with E-state index in [1.807, 2.05) is 0 Å². The van der Waals surface area contributed by atoms with E-state index in [1.165, 1.54) is 43.2 Å². The van der Waals surface area contributed by atoms with E-state index < -0.39 is 0 Å². The normalized spacial score (nSPS) is 16.9. The molecule has 1 atom stereocenters. The van der Waals surface area contributed by atoms with Gasteiger partial charge in [0.1, 0.15) is 5.75 Å². The molecule has 1 aliphatic rings. The topological polar surface area (TPSA) is 9.23 Å². The highest BCUT2D eigenvalue weighted by atomic mass is 16.5. The molecule has 0 saturated heterocycles. The summed E-state index contributed by atoms with van der Waals surface area (Å²) in [4.78, 5) is 0. The van der Waals surface area contributed by atoms with Gasteiger partial charge in [-0.3, -0.25) is 0 Å². The van der Waals surface area contributed by atoms with Crippen LogP contribution in [-0.2, 0) is 12.8 Å². The van der Waals surface area contributed by atoms with Gasteiger partial charge in [-0.2, -0.15) is 0 Å². The smallest absolute Gasteiger partial charge is 0.119 e. The molecule has 0 heterocycles. The lowest BCUT2D eigenvalue weighted by molar-refractivity contribution is 0.309. The Balaban J connectivity index is 1.72. The molecule has 0 aliphatic heterocycles. The molecule has 1 nitrogen and oxygen atoms in total. The molecule has 1 unspecified atom stereocenters. The van der Waals surface area contributed by atoms with Gasteiger partial charge in [-0.15, -0.1) is 0 Å². The van der Waals surface area contributed by atoms with Crippen molar-refractivity contribution in [1.29, 1.82) is 0 Å². The molecular formula is C22H28O. The fraction of sp³-hybridized carbons (Fsp3) is 0.455. The van der Waals surface area contributed by atoms with E-state index in [0.29, 0.717) is 0 Å². The molecule has 2 aromatic carbocycles. The van der Waals surface area contributed by atoms with Crippen LogP contribution in [0.25, 0.3) is 11.1 Å². The van der Waals surface area contributed by atoms with Crippen LogP contribution in [0.5, 0.6) is 5.75 Å². The van der Waals surface area contributed by atoms with Gasteiger partial charge in [0.05, 0.1) is 6.61 Å². The summed E-state index contributed by atoms with van der Waals surface area (Å²) in [5.41, 5.74) is 5.73. The first-order chi connectivity index (χ1) is 11.3. The van der Waals surface area contributed by atoms with Crippen LogP contribution < -0.4 is 4.74 Å². The zero-order valence-corrected chi connectivity index (χ0v) is 14.5. The third-order valence-electron chi connectivity index (χ3n) is 5.07. The van der Waals surface area contributed by atoms with Crippen molar-refractivity contribution in [3.05, 3.63) is 53.6 Å². The summed E-state index contributed by atoms with van der Waals surface area (Å²) < 4.78 is 5.75. The molecule has 0 aromatic heterocycles. The van der Waals surface area contributed by atoms with E-state index in [-0.39, 0.29) is 0 Å². The maximum atomic E-state index is 5.75. The van der Waals surface area contributed by atoms with Crippen molar-refractivity contribution in [1.82, 2.24) is 0 Å². The van der Waals surface area contributed by atoms with Crippen LogP contribution >= 0.6 is 0 Å². The molecule has 1 heteroatoms. The summed E-state index contributed by atoms with van der Waals surface area (Å²) in [6, 6.07) is 15.6. The Bertz CT molecular complexity index is 627. The number of rotatable bonds is 6. The lowest BCUT2D eigenvalue weighted by atomic mass is 9.81. The quantitative estimate of drug-likeness (QED) is 0.590. The summed E-state index contributed by atoms with van der Waals surface area (Å²) >= 11 is 0. The van der Waals surface area contributed by atoms with Gasteiger partial charge in [-0.25, -0.2) is 0 Å². The third-order valence-corrected chi connectivity index (χ3v) is 5.07. The second-order valence-corrected chi connectivity index (χ2v) is 6.73. The Kier molecular flexibility index (Phi) is 5.38. The lowest BCUT2D eigenvalue weighted by Gasteiger charge is -2.24. The molecule has 0 fully saturated rings. The lowest BCUT2D eigenvalue weighted by Crippen LogP contribution is -2.13. The van der Waals surface area contributed by atoms with Crippen molar-refractivity contribution < 1.29 is 4.74 Å². The first-order valence-electron chi connectivity index (χ1n) is 9.15. The van der Waals surface area contributed by atoms with Gasteiger partial charge in [0.2, 0.25) is 0 Å². The molecule has 2 aromatic rings. The average molecular weight is 308 g/mol. The predicted octanol–water partition coefficient (Wildman–Crippen LogP) is 6.05. The molecule has 0 bridgehead atoms. The van der Waals surface area contributed by atoms with Crippen LogP contribution in [0.4, 0.5) is 0 Å². The van der Waals surface area contributed by atoms with Crippen LogP contribution in [0, 0.1) is 5.92 Å². The molecule has 0 spiro atoms. The SMILES string of the molecule is CCCCOc1ccc(-c2ccc3c(c2)CCC(CC)C3)cc1. The van der Waals surface area contributed by atoms with Crippen molar-refractivity contribution in [2.24, 2.45) is 5.92 Å². The summed E-state index contributed by atoms with van der Waals surface area (Å²) in [5.74, 6) is 1.86. The van der Waals surface area contributed by atoms with Crippen LogP contribution in [0.1, 0.15) is 50.7 Å². The molecule has 122 valence electrons. The zero-order chi connectivity index (χ0) is 16.1. The minimum Gasteiger partial charge on any atom is -0.494 e. The van der Waals surface area contributed by atoms with E-state index in [2.05, 4.69) is 56.3 Å². The molecule has 0 amide bonds. The number of aryl methyl sites for hydroxylation is 1. The summed E-state index contributed by atoms with van der Waals surface area (Å²) in [5, 5.41) is 0. The van der Waals surface area contributed by atoms with Gasteiger partial charge in [0.25, 0.3) is 0 Å². The fourth-order valence-corrected chi connectivity index (χ4v) is 3.44. The molecule has 0 radical (unpaired) electrons. The zero-order valence-electron chi connectivity index (χ0n) is 14.5. The summed E-state index contributed by atoms with van der Waals surface area (Å²) in [7, 11) is 0. The Hall–Kier alpha value is -1.76. The number of fused-ring (bicyclic) bond motifs is 1.